The van der Waals surface area contributed by atoms with Crippen LogP contribution in [0.4, 0.5) is 0 Å². The molecule has 0 aliphatic carbocycles. The maximum atomic E-state index is 12.2. The van der Waals surface area contributed by atoms with E-state index in [4.69, 9.17) is 0 Å². The van der Waals surface area contributed by atoms with Crippen molar-refractivity contribution in [1.82, 2.24) is 15.5 Å². The molecule has 3 rings (SSSR count). The Kier molecular flexibility index (Phi) is 6.99. The predicted molar refractivity (Wildman–Crippen MR) is 106 cm³/mol. The van der Waals surface area contributed by atoms with Gasteiger partial charge in [-0.05, 0) is 37.1 Å². The van der Waals surface area contributed by atoms with Crippen molar-refractivity contribution in [2.45, 2.75) is 25.3 Å². The van der Waals surface area contributed by atoms with Gasteiger partial charge < -0.3 is 10.6 Å². The standard InChI is InChI=1S/C22H27N3O2/c26-21(15-18-9-3-1-4-10-18)24-17-22(27)23-16-20(25-13-7-8-14-25)19-11-5-2-6-12-19/h1-6,9-12,20H,7-8,13-17H2,(H,23,27)(H,24,26). The van der Waals surface area contributed by atoms with Crippen molar-refractivity contribution < 1.29 is 9.59 Å². The summed E-state index contributed by atoms with van der Waals surface area (Å²) >= 11 is 0. The number of carbonyl (C=O) groups excluding carboxylic acids is 2. The predicted octanol–water partition coefficient (Wildman–Crippen LogP) is 2.30. The summed E-state index contributed by atoms with van der Waals surface area (Å²) in [5, 5.41) is 5.68. The molecule has 0 bridgehead atoms. The largest absolute Gasteiger partial charge is 0.353 e. The lowest BCUT2D eigenvalue weighted by atomic mass is 10.1. The van der Waals surface area contributed by atoms with Gasteiger partial charge in [0.1, 0.15) is 0 Å². The number of likely N-dealkylation sites (tertiary alicyclic amines) is 1. The van der Waals surface area contributed by atoms with Crippen LogP contribution in [0.2, 0.25) is 0 Å². The summed E-state index contributed by atoms with van der Waals surface area (Å²) in [4.78, 5) is 26.6. The molecule has 2 amide bonds. The second kappa shape index (κ2) is 9.88. The van der Waals surface area contributed by atoms with E-state index >= 15 is 0 Å². The van der Waals surface area contributed by atoms with Crippen LogP contribution in [0.25, 0.3) is 0 Å². The molecule has 2 N–H and O–H groups in total. The third kappa shape index (κ3) is 5.93. The molecule has 1 unspecified atom stereocenters. The van der Waals surface area contributed by atoms with Gasteiger partial charge in [-0.15, -0.1) is 0 Å². The zero-order chi connectivity index (χ0) is 18.9. The van der Waals surface area contributed by atoms with Crippen molar-refractivity contribution in [3.63, 3.8) is 0 Å². The minimum absolute atomic E-state index is 0.00712. The fourth-order valence-electron chi connectivity index (χ4n) is 3.48. The molecule has 1 heterocycles. The molecule has 5 nitrogen and oxygen atoms in total. The zero-order valence-corrected chi connectivity index (χ0v) is 15.6. The topological polar surface area (TPSA) is 61.4 Å². The lowest BCUT2D eigenvalue weighted by molar-refractivity contribution is -0.125. The van der Waals surface area contributed by atoms with E-state index in [1.807, 2.05) is 48.5 Å². The normalized spacial score (nSPS) is 15.3. The van der Waals surface area contributed by atoms with Crippen molar-refractivity contribution in [2.24, 2.45) is 0 Å². The fraction of sp³-hybridized carbons (Fsp3) is 0.364. The summed E-state index contributed by atoms with van der Waals surface area (Å²) in [6.45, 7) is 2.68. The Labute approximate surface area is 160 Å². The Hall–Kier alpha value is -2.66. The van der Waals surface area contributed by atoms with Crippen LogP contribution in [-0.4, -0.2) is 42.9 Å². The Morgan fingerprint density at radius 1 is 0.852 bits per heavy atom. The summed E-state index contributed by atoms with van der Waals surface area (Å²) in [6, 6.07) is 20.0. The quantitative estimate of drug-likeness (QED) is 0.755. The first-order valence-corrected chi connectivity index (χ1v) is 9.58. The minimum atomic E-state index is -0.156. The SMILES string of the molecule is O=C(CNC(=O)Cc1ccccc1)NCC(c1ccccc1)N1CCCC1. The average Bonchev–Trinajstić information content (AvgIpc) is 3.23. The maximum Gasteiger partial charge on any atom is 0.239 e. The van der Waals surface area contributed by atoms with E-state index in [-0.39, 0.29) is 30.8 Å². The number of amides is 2. The first kappa shape index (κ1) is 19.1. The molecular weight excluding hydrogens is 338 g/mol. The van der Waals surface area contributed by atoms with E-state index in [0.29, 0.717) is 6.54 Å². The van der Waals surface area contributed by atoms with Crippen LogP contribution in [0.5, 0.6) is 0 Å². The molecule has 0 saturated carbocycles. The van der Waals surface area contributed by atoms with E-state index in [2.05, 4.69) is 27.7 Å². The molecule has 0 radical (unpaired) electrons. The van der Waals surface area contributed by atoms with Gasteiger partial charge in [0.15, 0.2) is 0 Å². The molecule has 1 atom stereocenters. The van der Waals surface area contributed by atoms with Crippen molar-refractivity contribution in [3.05, 3.63) is 71.8 Å². The number of hydrogen-bond acceptors (Lipinski definition) is 3. The van der Waals surface area contributed by atoms with E-state index in [1.165, 1.54) is 18.4 Å². The third-order valence-corrected chi connectivity index (χ3v) is 4.91. The Balaban J connectivity index is 1.47. The number of benzene rings is 2. The smallest absolute Gasteiger partial charge is 0.239 e. The summed E-state index contributed by atoms with van der Waals surface area (Å²) in [5.41, 5.74) is 2.15. The van der Waals surface area contributed by atoms with Gasteiger partial charge in [-0.2, -0.15) is 0 Å². The van der Waals surface area contributed by atoms with Crippen molar-refractivity contribution in [2.75, 3.05) is 26.2 Å². The number of carbonyl (C=O) groups is 2. The van der Waals surface area contributed by atoms with Crippen molar-refractivity contribution >= 4 is 11.8 Å². The van der Waals surface area contributed by atoms with Crippen LogP contribution in [0.1, 0.15) is 30.0 Å². The molecule has 0 spiro atoms. The molecule has 5 heteroatoms. The lowest BCUT2D eigenvalue weighted by Crippen LogP contribution is -2.41. The average molecular weight is 365 g/mol. The van der Waals surface area contributed by atoms with E-state index in [0.717, 1.165) is 18.7 Å². The van der Waals surface area contributed by atoms with E-state index in [1.54, 1.807) is 0 Å². The maximum absolute atomic E-state index is 12.2. The van der Waals surface area contributed by atoms with Crippen molar-refractivity contribution in [1.29, 1.82) is 0 Å². The molecule has 1 aliphatic rings. The minimum Gasteiger partial charge on any atom is -0.353 e. The van der Waals surface area contributed by atoms with Gasteiger partial charge in [0, 0.05) is 6.54 Å². The zero-order valence-electron chi connectivity index (χ0n) is 15.6. The molecule has 2 aromatic rings. The highest BCUT2D eigenvalue weighted by atomic mass is 16.2. The van der Waals surface area contributed by atoms with Gasteiger partial charge in [0.05, 0.1) is 19.0 Å². The number of hydrogen-bond donors (Lipinski definition) is 2. The Morgan fingerprint density at radius 2 is 1.48 bits per heavy atom. The van der Waals surface area contributed by atoms with Gasteiger partial charge in [-0.25, -0.2) is 0 Å². The summed E-state index contributed by atoms with van der Waals surface area (Å²) in [7, 11) is 0. The van der Waals surface area contributed by atoms with E-state index in [9.17, 15) is 9.59 Å². The fourth-order valence-corrected chi connectivity index (χ4v) is 3.48. The molecule has 1 aliphatic heterocycles. The second-order valence-corrected chi connectivity index (χ2v) is 6.91. The second-order valence-electron chi connectivity index (χ2n) is 6.91. The van der Waals surface area contributed by atoms with Crippen LogP contribution < -0.4 is 10.6 Å². The van der Waals surface area contributed by atoms with Crippen LogP contribution in [0.15, 0.2) is 60.7 Å². The first-order chi connectivity index (χ1) is 13.2. The van der Waals surface area contributed by atoms with E-state index < -0.39 is 0 Å². The van der Waals surface area contributed by atoms with Gasteiger partial charge >= 0.3 is 0 Å². The molecule has 1 saturated heterocycles. The highest BCUT2D eigenvalue weighted by Crippen LogP contribution is 2.24. The van der Waals surface area contributed by atoms with Crippen LogP contribution in [0.3, 0.4) is 0 Å². The van der Waals surface area contributed by atoms with Gasteiger partial charge in [0.2, 0.25) is 11.8 Å². The highest BCUT2D eigenvalue weighted by Gasteiger charge is 2.23. The highest BCUT2D eigenvalue weighted by molar-refractivity contribution is 5.85. The van der Waals surface area contributed by atoms with Gasteiger partial charge in [0.25, 0.3) is 0 Å². The summed E-state index contributed by atoms with van der Waals surface area (Å²) in [5.74, 6) is -0.299. The van der Waals surface area contributed by atoms with Crippen LogP contribution in [-0.2, 0) is 16.0 Å². The molecule has 27 heavy (non-hydrogen) atoms. The number of rotatable bonds is 8. The lowest BCUT2D eigenvalue weighted by Gasteiger charge is -2.28. The molecule has 142 valence electrons. The summed E-state index contributed by atoms with van der Waals surface area (Å²) in [6.07, 6.45) is 2.69. The molecule has 0 aromatic heterocycles. The van der Waals surface area contributed by atoms with Gasteiger partial charge in [-0.1, -0.05) is 60.7 Å². The Morgan fingerprint density at radius 3 is 2.15 bits per heavy atom. The van der Waals surface area contributed by atoms with Gasteiger partial charge in [-0.3, -0.25) is 14.5 Å². The molecule has 2 aromatic carbocycles. The third-order valence-electron chi connectivity index (χ3n) is 4.91. The molecular formula is C22H27N3O2. The van der Waals surface area contributed by atoms with Crippen molar-refractivity contribution in [3.8, 4) is 0 Å². The Bertz CT molecular complexity index is 728. The van der Waals surface area contributed by atoms with Crippen LogP contribution in [0, 0.1) is 0 Å². The number of nitrogens with one attached hydrogen (secondary N) is 2. The first-order valence-electron chi connectivity index (χ1n) is 9.58. The monoisotopic (exact) mass is 365 g/mol. The molecule has 1 fully saturated rings. The number of nitrogens with zero attached hydrogens (tertiary/aromatic N) is 1. The van der Waals surface area contributed by atoms with Crippen LogP contribution >= 0.6 is 0 Å². The summed E-state index contributed by atoms with van der Waals surface area (Å²) < 4.78 is 0.